The van der Waals surface area contributed by atoms with Crippen LogP contribution >= 0.6 is 0 Å². The highest BCUT2D eigenvalue weighted by Gasteiger charge is 2.10. The fraction of sp³-hybridized carbons (Fsp3) is 0.412. The summed E-state index contributed by atoms with van der Waals surface area (Å²) in [7, 11) is 1.73. The van der Waals surface area contributed by atoms with Crippen LogP contribution in [0.4, 0.5) is 0 Å². The van der Waals surface area contributed by atoms with E-state index in [1.807, 2.05) is 0 Å². The van der Waals surface area contributed by atoms with E-state index in [-0.39, 0.29) is 0 Å². The van der Waals surface area contributed by atoms with Crippen molar-refractivity contribution in [3.63, 3.8) is 0 Å². The Kier molecular flexibility index (Phi) is 4.80. The number of hydrogen-bond acceptors (Lipinski definition) is 1. The van der Waals surface area contributed by atoms with Gasteiger partial charge in [0.1, 0.15) is 12.3 Å². The number of ether oxygens (including phenoxy) is 1. The molecule has 0 bridgehead atoms. The minimum Gasteiger partial charge on any atom is -0.496 e. The minimum atomic E-state index is 0.723. The van der Waals surface area contributed by atoms with Gasteiger partial charge in [-0.25, -0.2) is 0 Å². The number of quaternary nitrogens is 1. The van der Waals surface area contributed by atoms with Crippen molar-refractivity contribution in [3.05, 3.63) is 42.0 Å². The molecule has 0 atom stereocenters. The van der Waals surface area contributed by atoms with E-state index in [1.54, 1.807) is 7.11 Å². The van der Waals surface area contributed by atoms with Crippen molar-refractivity contribution in [2.75, 3.05) is 7.11 Å². The first-order chi connectivity index (χ1) is 9.30. The number of fused-ring (bicyclic) bond motifs is 1. The molecule has 0 aliphatic heterocycles. The van der Waals surface area contributed by atoms with Gasteiger partial charge in [0.25, 0.3) is 0 Å². The Labute approximate surface area is 115 Å². The lowest BCUT2D eigenvalue weighted by Crippen LogP contribution is -2.88. The van der Waals surface area contributed by atoms with E-state index in [2.05, 4.69) is 55.6 Å². The average Bonchev–Trinajstić information content (AvgIpc) is 2.48. The molecule has 19 heavy (non-hydrogen) atoms. The molecular formula is C17H24NO+. The molecule has 2 N–H and O–H groups in total. The van der Waals surface area contributed by atoms with Crippen LogP contribution in [0.15, 0.2) is 36.4 Å². The van der Waals surface area contributed by atoms with Gasteiger partial charge in [-0.05, 0) is 30.4 Å². The summed E-state index contributed by atoms with van der Waals surface area (Å²) in [6, 6.07) is 13.5. The predicted molar refractivity (Wildman–Crippen MR) is 80.5 cm³/mol. The van der Waals surface area contributed by atoms with Gasteiger partial charge in [0, 0.05) is 10.9 Å². The molecule has 0 radical (unpaired) electrons. The van der Waals surface area contributed by atoms with Crippen LogP contribution in [-0.4, -0.2) is 13.2 Å². The molecule has 2 heteroatoms. The number of nitrogens with two attached hydrogens (primary N) is 1. The van der Waals surface area contributed by atoms with Crippen LogP contribution in [-0.2, 0) is 6.54 Å². The lowest BCUT2D eigenvalue weighted by molar-refractivity contribution is -0.704. The summed E-state index contributed by atoms with van der Waals surface area (Å²) in [6.07, 6.45) is 2.45. The summed E-state index contributed by atoms with van der Waals surface area (Å²) in [6.45, 7) is 5.56. The van der Waals surface area contributed by atoms with Crippen LogP contribution in [0.25, 0.3) is 10.8 Å². The van der Waals surface area contributed by atoms with Gasteiger partial charge in [0.05, 0.1) is 13.2 Å². The van der Waals surface area contributed by atoms with Gasteiger partial charge in [-0.1, -0.05) is 38.1 Å². The molecule has 0 spiro atoms. The van der Waals surface area contributed by atoms with Crippen LogP contribution in [0.5, 0.6) is 5.75 Å². The summed E-state index contributed by atoms with van der Waals surface area (Å²) in [4.78, 5) is 0. The lowest BCUT2D eigenvalue weighted by Gasteiger charge is -2.13. The molecule has 0 saturated carbocycles. The highest BCUT2D eigenvalue weighted by Crippen LogP contribution is 2.27. The second kappa shape index (κ2) is 6.58. The van der Waals surface area contributed by atoms with Gasteiger partial charge < -0.3 is 10.1 Å². The van der Waals surface area contributed by atoms with Crippen molar-refractivity contribution in [2.45, 2.75) is 39.3 Å². The first-order valence-corrected chi connectivity index (χ1v) is 7.18. The van der Waals surface area contributed by atoms with E-state index >= 15 is 0 Å². The van der Waals surface area contributed by atoms with Gasteiger partial charge >= 0.3 is 0 Å². The Hall–Kier alpha value is -1.54. The van der Waals surface area contributed by atoms with E-state index in [9.17, 15) is 0 Å². The van der Waals surface area contributed by atoms with Gasteiger partial charge in [-0.15, -0.1) is 0 Å². The maximum atomic E-state index is 5.44. The maximum Gasteiger partial charge on any atom is 0.126 e. The normalized spacial score (nSPS) is 11.2. The van der Waals surface area contributed by atoms with Gasteiger partial charge in [-0.2, -0.15) is 0 Å². The molecule has 2 nitrogen and oxygen atoms in total. The molecular weight excluding hydrogens is 234 g/mol. The quantitative estimate of drug-likeness (QED) is 0.846. The fourth-order valence-electron chi connectivity index (χ4n) is 2.61. The summed E-state index contributed by atoms with van der Waals surface area (Å²) < 4.78 is 5.44. The van der Waals surface area contributed by atoms with Gasteiger partial charge in [0.15, 0.2) is 0 Å². The molecule has 0 heterocycles. The van der Waals surface area contributed by atoms with E-state index in [0.29, 0.717) is 0 Å². The second-order valence-corrected chi connectivity index (χ2v) is 4.99. The first kappa shape index (κ1) is 13.9. The molecule has 0 aliphatic rings. The summed E-state index contributed by atoms with van der Waals surface area (Å²) in [5.41, 5.74) is 1.39. The number of benzene rings is 2. The Balaban J connectivity index is 2.29. The van der Waals surface area contributed by atoms with Crippen LogP contribution in [0, 0.1) is 0 Å². The van der Waals surface area contributed by atoms with Crippen molar-refractivity contribution < 1.29 is 10.1 Å². The number of rotatable bonds is 6. The van der Waals surface area contributed by atoms with Gasteiger partial charge in [-0.3, -0.25) is 0 Å². The summed E-state index contributed by atoms with van der Waals surface area (Å²) >= 11 is 0. The molecule has 0 unspecified atom stereocenters. The third-order valence-electron chi connectivity index (χ3n) is 3.91. The molecule has 0 aromatic heterocycles. The van der Waals surface area contributed by atoms with Crippen molar-refractivity contribution in [3.8, 4) is 5.75 Å². The lowest BCUT2D eigenvalue weighted by atomic mass is 10.0. The zero-order chi connectivity index (χ0) is 13.7. The van der Waals surface area contributed by atoms with E-state index in [4.69, 9.17) is 4.74 Å². The van der Waals surface area contributed by atoms with Crippen LogP contribution in [0.3, 0.4) is 0 Å². The summed E-state index contributed by atoms with van der Waals surface area (Å²) in [5.74, 6) is 0.960. The average molecular weight is 258 g/mol. The van der Waals surface area contributed by atoms with Crippen LogP contribution < -0.4 is 10.1 Å². The zero-order valence-electron chi connectivity index (χ0n) is 12.1. The molecule has 0 aliphatic carbocycles. The molecule has 0 saturated heterocycles. The van der Waals surface area contributed by atoms with Gasteiger partial charge in [0.2, 0.25) is 0 Å². The molecule has 0 fully saturated rings. The van der Waals surface area contributed by atoms with Crippen molar-refractivity contribution in [1.82, 2.24) is 0 Å². The smallest absolute Gasteiger partial charge is 0.126 e. The van der Waals surface area contributed by atoms with E-state index in [1.165, 1.54) is 29.2 Å². The van der Waals surface area contributed by atoms with E-state index < -0.39 is 0 Å². The van der Waals surface area contributed by atoms with Crippen molar-refractivity contribution >= 4 is 10.8 Å². The SMILES string of the molecule is CCC(CC)[NH2+]Cc1ccc(OC)c2ccccc12. The third kappa shape index (κ3) is 3.07. The highest BCUT2D eigenvalue weighted by molar-refractivity contribution is 5.90. The molecule has 2 aromatic rings. The molecule has 102 valence electrons. The number of methoxy groups -OCH3 is 1. The van der Waals surface area contributed by atoms with Crippen LogP contribution in [0.2, 0.25) is 0 Å². The minimum absolute atomic E-state index is 0.723. The predicted octanol–water partition coefficient (Wildman–Crippen LogP) is 3.10. The fourth-order valence-corrected chi connectivity index (χ4v) is 2.61. The number of hydrogen-bond donors (Lipinski definition) is 1. The topological polar surface area (TPSA) is 25.8 Å². The molecule has 2 rings (SSSR count). The first-order valence-electron chi connectivity index (χ1n) is 7.18. The Morgan fingerprint density at radius 2 is 1.68 bits per heavy atom. The molecule has 0 amide bonds. The third-order valence-corrected chi connectivity index (χ3v) is 3.91. The van der Waals surface area contributed by atoms with Crippen molar-refractivity contribution in [2.24, 2.45) is 0 Å². The standard InChI is InChI=1S/C17H23NO/c1-4-14(5-2)18-12-13-10-11-17(19-3)16-9-7-6-8-15(13)16/h6-11,14,18H,4-5,12H2,1-3H3/p+1. The molecule has 2 aromatic carbocycles. The summed E-state index contributed by atoms with van der Waals surface area (Å²) in [5, 5.41) is 4.97. The van der Waals surface area contributed by atoms with Crippen LogP contribution in [0.1, 0.15) is 32.3 Å². The maximum absolute atomic E-state index is 5.44. The zero-order valence-corrected chi connectivity index (χ0v) is 12.1. The van der Waals surface area contributed by atoms with E-state index in [0.717, 1.165) is 18.3 Å². The Morgan fingerprint density at radius 3 is 2.32 bits per heavy atom. The second-order valence-electron chi connectivity index (χ2n) is 4.99. The Bertz CT molecular complexity index is 532. The van der Waals surface area contributed by atoms with Crippen molar-refractivity contribution in [1.29, 1.82) is 0 Å². The Morgan fingerprint density at radius 1 is 1.00 bits per heavy atom. The monoisotopic (exact) mass is 258 g/mol. The highest BCUT2D eigenvalue weighted by atomic mass is 16.5. The largest absolute Gasteiger partial charge is 0.496 e.